The van der Waals surface area contributed by atoms with Crippen LogP contribution in [0.3, 0.4) is 0 Å². The van der Waals surface area contributed by atoms with Crippen LogP contribution in [0.4, 0.5) is 4.79 Å². The van der Waals surface area contributed by atoms with Gasteiger partial charge < -0.3 is 4.74 Å². The summed E-state index contributed by atoms with van der Waals surface area (Å²) in [7, 11) is 0. The summed E-state index contributed by atoms with van der Waals surface area (Å²) < 4.78 is 4.92. The normalized spacial score (nSPS) is 25.1. The summed E-state index contributed by atoms with van der Waals surface area (Å²) >= 11 is 0. The molecule has 0 aromatic carbocycles. The summed E-state index contributed by atoms with van der Waals surface area (Å²) in [5.41, 5.74) is 0. The van der Waals surface area contributed by atoms with E-state index < -0.39 is 6.09 Å². The lowest BCUT2D eigenvalue weighted by atomic mass is 10.1. The van der Waals surface area contributed by atoms with Gasteiger partial charge in [0.05, 0.1) is 6.04 Å². The molecule has 0 saturated carbocycles. The Kier molecular flexibility index (Phi) is 3.88. The molecule has 4 nitrogen and oxygen atoms in total. The molecule has 84 valence electrons. The molecule has 0 bridgehead atoms. The van der Waals surface area contributed by atoms with Crippen molar-refractivity contribution in [2.45, 2.75) is 26.3 Å². The Hall–Kier alpha value is -1.32. The van der Waals surface area contributed by atoms with Crippen LogP contribution >= 0.6 is 0 Å². The number of ketones is 1. The van der Waals surface area contributed by atoms with E-state index in [-0.39, 0.29) is 18.4 Å². The number of amides is 1. The van der Waals surface area contributed by atoms with Crippen molar-refractivity contribution in [3.63, 3.8) is 0 Å². The van der Waals surface area contributed by atoms with E-state index in [9.17, 15) is 9.59 Å². The fraction of sp³-hybridized carbons (Fsp3) is 0.636. The van der Waals surface area contributed by atoms with E-state index in [1.807, 2.05) is 6.92 Å². The second-order valence-corrected chi connectivity index (χ2v) is 3.99. The minimum Gasteiger partial charge on any atom is -0.445 e. The van der Waals surface area contributed by atoms with Crippen molar-refractivity contribution in [1.82, 2.24) is 4.90 Å². The van der Waals surface area contributed by atoms with Crippen LogP contribution in [0.25, 0.3) is 0 Å². The number of ether oxygens (including phenoxy) is 1. The molecule has 15 heavy (non-hydrogen) atoms. The summed E-state index contributed by atoms with van der Waals surface area (Å²) in [4.78, 5) is 24.4. The van der Waals surface area contributed by atoms with Gasteiger partial charge in [0, 0.05) is 6.54 Å². The van der Waals surface area contributed by atoms with Crippen LogP contribution in [0.2, 0.25) is 0 Å². The Morgan fingerprint density at radius 2 is 2.27 bits per heavy atom. The number of nitrogens with zero attached hydrogens (tertiary/aromatic N) is 1. The maximum Gasteiger partial charge on any atom is 0.410 e. The van der Waals surface area contributed by atoms with Gasteiger partial charge in [-0.2, -0.15) is 0 Å². The first-order valence-corrected chi connectivity index (χ1v) is 5.11. The molecule has 1 fully saturated rings. The Bertz CT molecular complexity index is 275. The molecule has 2 unspecified atom stereocenters. The average molecular weight is 211 g/mol. The molecule has 0 aliphatic carbocycles. The van der Waals surface area contributed by atoms with Gasteiger partial charge in [-0.3, -0.25) is 9.69 Å². The number of hydrogen-bond acceptors (Lipinski definition) is 3. The Balaban J connectivity index is 2.62. The van der Waals surface area contributed by atoms with Gasteiger partial charge in [0.15, 0.2) is 5.78 Å². The molecule has 1 aliphatic heterocycles. The lowest BCUT2D eigenvalue weighted by molar-refractivity contribution is -0.120. The molecule has 4 heteroatoms. The summed E-state index contributed by atoms with van der Waals surface area (Å²) in [5, 5.41) is 0. The molecule has 1 rings (SSSR count). The van der Waals surface area contributed by atoms with Crippen molar-refractivity contribution in [2.75, 3.05) is 13.2 Å². The van der Waals surface area contributed by atoms with Crippen LogP contribution in [0.1, 0.15) is 20.3 Å². The summed E-state index contributed by atoms with van der Waals surface area (Å²) in [6.45, 7) is 7.79. The minimum absolute atomic E-state index is 0.0231. The molecule has 0 spiro atoms. The number of carbonyl (C=O) groups is 2. The molecule has 0 aromatic heterocycles. The second kappa shape index (κ2) is 4.96. The molecular weight excluding hydrogens is 194 g/mol. The molecule has 1 aliphatic rings. The predicted octanol–water partition coefficient (Wildman–Crippen LogP) is 1.61. The minimum atomic E-state index is -0.417. The monoisotopic (exact) mass is 211 g/mol. The fourth-order valence-electron chi connectivity index (χ4n) is 1.85. The molecular formula is C11H17NO3. The van der Waals surface area contributed by atoms with Crippen molar-refractivity contribution >= 4 is 11.9 Å². The van der Waals surface area contributed by atoms with Gasteiger partial charge in [0.2, 0.25) is 0 Å². The molecule has 1 saturated heterocycles. The summed E-state index contributed by atoms with van der Waals surface area (Å²) in [6.07, 6.45) is 1.83. The van der Waals surface area contributed by atoms with Crippen LogP contribution in [0.5, 0.6) is 0 Å². The van der Waals surface area contributed by atoms with Crippen LogP contribution in [-0.2, 0) is 9.53 Å². The summed E-state index contributed by atoms with van der Waals surface area (Å²) in [5.74, 6) is 0.380. The zero-order valence-corrected chi connectivity index (χ0v) is 9.23. The number of Topliss-reactive ketones (excluding diaryl/α,β-unsaturated/α-hetero) is 1. The van der Waals surface area contributed by atoms with E-state index in [2.05, 4.69) is 6.58 Å². The Labute approximate surface area is 89.9 Å². The molecule has 0 radical (unpaired) electrons. The van der Waals surface area contributed by atoms with E-state index in [4.69, 9.17) is 4.74 Å². The van der Waals surface area contributed by atoms with E-state index in [0.717, 1.165) is 6.42 Å². The van der Waals surface area contributed by atoms with Crippen LogP contribution in [0, 0.1) is 5.92 Å². The highest BCUT2D eigenvalue weighted by Crippen LogP contribution is 2.24. The molecule has 1 heterocycles. The van der Waals surface area contributed by atoms with Crippen LogP contribution in [0.15, 0.2) is 12.7 Å². The van der Waals surface area contributed by atoms with Crippen molar-refractivity contribution in [3.05, 3.63) is 12.7 Å². The van der Waals surface area contributed by atoms with Crippen LogP contribution in [-0.4, -0.2) is 36.0 Å². The van der Waals surface area contributed by atoms with Gasteiger partial charge in [-0.1, -0.05) is 19.6 Å². The highest BCUT2D eigenvalue weighted by molar-refractivity contribution is 5.86. The number of hydrogen-bond donors (Lipinski definition) is 0. The average Bonchev–Trinajstić information content (AvgIpc) is 2.57. The molecule has 0 aromatic rings. The predicted molar refractivity (Wildman–Crippen MR) is 56.5 cm³/mol. The third kappa shape index (κ3) is 2.81. The maximum absolute atomic E-state index is 11.6. The third-order valence-corrected chi connectivity index (χ3v) is 2.54. The van der Waals surface area contributed by atoms with Crippen molar-refractivity contribution in [1.29, 1.82) is 0 Å². The summed E-state index contributed by atoms with van der Waals surface area (Å²) in [6, 6.07) is -0.308. The SMILES string of the molecule is C=CCOC(=O)N1CC(C)CC1C(C)=O. The smallest absolute Gasteiger partial charge is 0.410 e. The highest BCUT2D eigenvalue weighted by Gasteiger charge is 2.36. The van der Waals surface area contributed by atoms with Gasteiger partial charge in [0.1, 0.15) is 6.61 Å². The lowest BCUT2D eigenvalue weighted by Crippen LogP contribution is -2.40. The van der Waals surface area contributed by atoms with E-state index >= 15 is 0 Å². The highest BCUT2D eigenvalue weighted by atomic mass is 16.6. The van der Waals surface area contributed by atoms with Crippen molar-refractivity contribution in [3.8, 4) is 0 Å². The molecule has 0 N–H and O–H groups in total. The van der Waals surface area contributed by atoms with Crippen molar-refractivity contribution < 1.29 is 14.3 Å². The fourth-order valence-corrected chi connectivity index (χ4v) is 1.85. The van der Waals surface area contributed by atoms with Gasteiger partial charge in [-0.25, -0.2) is 4.79 Å². The van der Waals surface area contributed by atoms with E-state index in [1.54, 1.807) is 0 Å². The Morgan fingerprint density at radius 3 is 2.80 bits per heavy atom. The van der Waals surface area contributed by atoms with Gasteiger partial charge in [-0.05, 0) is 19.3 Å². The standard InChI is InChI=1S/C11H17NO3/c1-4-5-15-11(14)12-7-8(2)6-10(12)9(3)13/h4,8,10H,1,5-7H2,2-3H3. The molecule has 2 atom stereocenters. The van der Waals surface area contributed by atoms with Crippen molar-refractivity contribution in [2.24, 2.45) is 5.92 Å². The zero-order valence-electron chi connectivity index (χ0n) is 9.23. The topological polar surface area (TPSA) is 46.6 Å². The quantitative estimate of drug-likeness (QED) is 0.666. The molecule has 1 amide bonds. The van der Waals surface area contributed by atoms with Gasteiger partial charge in [0.25, 0.3) is 0 Å². The lowest BCUT2D eigenvalue weighted by Gasteiger charge is -2.21. The second-order valence-electron chi connectivity index (χ2n) is 3.99. The zero-order chi connectivity index (χ0) is 11.4. The van der Waals surface area contributed by atoms with Gasteiger partial charge >= 0.3 is 6.09 Å². The Morgan fingerprint density at radius 1 is 1.60 bits per heavy atom. The number of carbonyl (C=O) groups excluding carboxylic acids is 2. The number of likely N-dealkylation sites (tertiary alicyclic amines) is 1. The first kappa shape index (κ1) is 11.8. The largest absolute Gasteiger partial charge is 0.445 e. The third-order valence-electron chi connectivity index (χ3n) is 2.54. The van der Waals surface area contributed by atoms with Gasteiger partial charge in [-0.15, -0.1) is 0 Å². The van der Waals surface area contributed by atoms with E-state index in [0.29, 0.717) is 12.5 Å². The number of rotatable bonds is 3. The van der Waals surface area contributed by atoms with Crippen LogP contribution < -0.4 is 0 Å². The van der Waals surface area contributed by atoms with E-state index in [1.165, 1.54) is 17.9 Å². The first-order chi connectivity index (χ1) is 7.06. The maximum atomic E-state index is 11.6. The first-order valence-electron chi connectivity index (χ1n) is 5.11.